The standard InChI is InChI=1S/C17H20F3N5O4S2/c1-3-24(13-8-9-31(27,28)10-13)15(26)11(2)30-16-21-22-23-25(16)12-4-6-14(7-5-12)29-17(18,19)20/h4-7,11,13H,3,8-10H2,1-2H3/t11-,13-/m1/s1. The monoisotopic (exact) mass is 479 g/mol. The SMILES string of the molecule is CCN(C(=O)[C@@H](C)Sc1nnnn1-c1ccc(OC(F)(F)F)cc1)[C@@H]1CCS(=O)(=O)C1. The van der Waals surface area contributed by atoms with Crippen molar-refractivity contribution in [1.29, 1.82) is 0 Å². The Morgan fingerprint density at radius 1 is 1.35 bits per heavy atom. The molecule has 1 fully saturated rings. The maximum absolute atomic E-state index is 12.9. The zero-order valence-electron chi connectivity index (χ0n) is 16.6. The number of nitrogens with zero attached hydrogens (tertiary/aromatic N) is 5. The van der Waals surface area contributed by atoms with Gasteiger partial charge in [0.2, 0.25) is 11.1 Å². The zero-order chi connectivity index (χ0) is 22.8. The quantitative estimate of drug-likeness (QED) is 0.556. The van der Waals surface area contributed by atoms with E-state index < -0.39 is 21.4 Å². The number of hydrogen-bond donors (Lipinski definition) is 0. The number of carbonyl (C=O) groups excluding carboxylic acids is 1. The van der Waals surface area contributed by atoms with Crippen LogP contribution in [0, 0.1) is 0 Å². The Hall–Kier alpha value is -2.35. The summed E-state index contributed by atoms with van der Waals surface area (Å²) in [6.45, 7) is 3.82. The van der Waals surface area contributed by atoms with Crippen molar-refractivity contribution in [2.45, 2.75) is 43.1 Å². The van der Waals surface area contributed by atoms with Gasteiger partial charge in [-0.2, -0.15) is 4.68 Å². The Morgan fingerprint density at radius 2 is 2.03 bits per heavy atom. The van der Waals surface area contributed by atoms with Crippen molar-refractivity contribution in [3.8, 4) is 11.4 Å². The molecule has 1 aromatic carbocycles. The molecule has 1 saturated heterocycles. The summed E-state index contributed by atoms with van der Waals surface area (Å²) in [5.74, 6) is -0.603. The van der Waals surface area contributed by atoms with Gasteiger partial charge in [-0.3, -0.25) is 4.79 Å². The number of rotatable bonds is 7. The van der Waals surface area contributed by atoms with E-state index in [1.165, 1.54) is 16.8 Å². The van der Waals surface area contributed by atoms with Gasteiger partial charge in [-0.05, 0) is 55.0 Å². The number of alkyl halides is 3. The van der Waals surface area contributed by atoms with E-state index in [-0.39, 0.29) is 34.4 Å². The van der Waals surface area contributed by atoms with Gasteiger partial charge in [0.15, 0.2) is 9.84 Å². The first-order valence-electron chi connectivity index (χ1n) is 9.31. The van der Waals surface area contributed by atoms with Gasteiger partial charge < -0.3 is 9.64 Å². The number of amides is 1. The lowest BCUT2D eigenvalue weighted by Crippen LogP contribution is -2.44. The molecule has 9 nitrogen and oxygen atoms in total. The predicted molar refractivity (Wildman–Crippen MR) is 106 cm³/mol. The third kappa shape index (κ3) is 5.87. The van der Waals surface area contributed by atoms with Crippen LogP contribution in [0.25, 0.3) is 5.69 Å². The highest BCUT2D eigenvalue weighted by Gasteiger charge is 2.36. The molecule has 1 aliphatic rings. The Bertz CT molecular complexity index is 1030. The molecule has 3 rings (SSSR count). The second-order valence-corrected chi connectivity index (χ2v) is 10.4. The van der Waals surface area contributed by atoms with Crippen LogP contribution >= 0.6 is 11.8 Å². The van der Waals surface area contributed by atoms with Crippen molar-refractivity contribution in [2.75, 3.05) is 18.1 Å². The fraction of sp³-hybridized carbons (Fsp3) is 0.529. The fourth-order valence-electron chi connectivity index (χ4n) is 3.26. The molecule has 14 heteroatoms. The molecule has 0 radical (unpaired) electrons. The van der Waals surface area contributed by atoms with Crippen LogP contribution in [-0.4, -0.2) is 75.1 Å². The van der Waals surface area contributed by atoms with Gasteiger partial charge in [0.05, 0.1) is 22.4 Å². The van der Waals surface area contributed by atoms with Gasteiger partial charge in [0.25, 0.3) is 0 Å². The van der Waals surface area contributed by atoms with E-state index in [9.17, 15) is 26.4 Å². The molecule has 0 saturated carbocycles. The molecule has 1 amide bonds. The average molecular weight is 480 g/mol. The van der Waals surface area contributed by atoms with Gasteiger partial charge in [-0.1, -0.05) is 11.8 Å². The number of hydrogen-bond acceptors (Lipinski definition) is 8. The highest BCUT2D eigenvalue weighted by atomic mass is 32.2. The summed E-state index contributed by atoms with van der Waals surface area (Å²) in [4.78, 5) is 14.5. The maximum Gasteiger partial charge on any atom is 0.573 e. The van der Waals surface area contributed by atoms with Crippen molar-refractivity contribution in [3.05, 3.63) is 24.3 Å². The molecule has 0 N–H and O–H groups in total. The summed E-state index contributed by atoms with van der Waals surface area (Å²) in [5.41, 5.74) is 0.385. The predicted octanol–water partition coefficient (Wildman–Crippen LogP) is 2.08. The Labute approximate surface area is 180 Å². The van der Waals surface area contributed by atoms with E-state index >= 15 is 0 Å². The number of tetrazole rings is 1. The molecule has 0 bridgehead atoms. The Morgan fingerprint density at radius 3 is 2.58 bits per heavy atom. The van der Waals surface area contributed by atoms with Crippen molar-refractivity contribution in [1.82, 2.24) is 25.1 Å². The van der Waals surface area contributed by atoms with Crippen LogP contribution in [-0.2, 0) is 14.6 Å². The van der Waals surface area contributed by atoms with E-state index in [1.807, 2.05) is 0 Å². The third-order valence-electron chi connectivity index (χ3n) is 4.66. The largest absolute Gasteiger partial charge is 0.573 e. The summed E-state index contributed by atoms with van der Waals surface area (Å²) >= 11 is 1.07. The fourth-order valence-corrected chi connectivity index (χ4v) is 5.87. The lowest BCUT2D eigenvalue weighted by Gasteiger charge is -2.29. The minimum atomic E-state index is -4.79. The molecule has 1 aliphatic heterocycles. The van der Waals surface area contributed by atoms with Gasteiger partial charge in [0.1, 0.15) is 5.75 Å². The molecule has 2 atom stereocenters. The van der Waals surface area contributed by atoms with Crippen molar-refractivity contribution in [3.63, 3.8) is 0 Å². The van der Waals surface area contributed by atoms with Crippen molar-refractivity contribution >= 4 is 27.5 Å². The van der Waals surface area contributed by atoms with E-state index in [1.54, 1.807) is 18.7 Å². The molecule has 1 aromatic heterocycles. The number of carbonyl (C=O) groups is 1. The number of aromatic nitrogens is 4. The second kappa shape index (κ2) is 9.02. The number of benzene rings is 1. The van der Waals surface area contributed by atoms with Gasteiger partial charge >= 0.3 is 6.36 Å². The van der Waals surface area contributed by atoms with Crippen LogP contribution < -0.4 is 4.74 Å². The van der Waals surface area contributed by atoms with Crippen molar-refractivity contribution < 1.29 is 31.1 Å². The van der Waals surface area contributed by atoms with E-state index in [4.69, 9.17) is 0 Å². The minimum absolute atomic E-state index is 0.0476. The van der Waals surface area contributed by atoms with Crippen LogP contribution in [0.1, 0.15) is 20.3 Å². The normalized spacial score (nSPS) is 19.2. The van der Waals surface area contributed by atoms with E-state index in [2.05, 4.69) is 20.3 Å². The first kappa shape index (κ1) is 23.3. The number of thioether (sulfide) groups is 1. The summed E-state index contributed by atoms with van der Waals surface area (Å²) in [5, 5.41) is 11.0. The molecule has 0 aliphatic carbocycles. The molecule has 0 spiro atoms. The summed E-state index contributed by atoms with van der Waals surface area (Å²) in [6, 6.07) is 4.62. The highest BCUT2D eigenvalue weighted by molar-refractivity contribution is 8.00. The van der Waals surface area contributed by atoms with Crippen LogP contribution in [0.3, 0.4) is 0 Å². The van der Waals surface area contributed by atoms with E-state index in [0.29, 0.717) is 18.7 Å². The van der Waals surface area contributed by atoms with Gasteiger partial charge in [-0.15, -0.1) is 18.3 Å². The molecule has 170 valence electrons. The third-order valence-corrected chi connectivity index (χ3v) is 7.43. The first-order valence-corrected chi connectivity index (χ1v) is 12.0. The van der Waals surface area contributed by atoms with Crippen LogP contribution in [0.2, 0.25) is 0 Å². The molecular weight excluding hydrogens is 459 g/mol. The second-order valence-electron chi connectivity index (χ2n) is 6.86. The van der Waals surface area contributed by atoms with Crippen LogP contribution in [0.5, 0.6) is 5.75 Å². The summed E-state index contributed by atoms with van der Waals surface area (Å²) in [7, 11) is -3.14. The smallest absolute Gasteiger partial charge is 0.406 e. The van der Waals surface area contributed by atoms with Gasteiger partial charge in [0, 0.05) is 12.6 Å². The number of halogens is 3. The molecular formula is C17H20F3N5O4S2. The summed E-state index contributed by atoms with van der Waals surface area (Å²) < 4.78 is 65.6. The van der Waals surface area contributed by atoms with Crippen LogP contribution in [0.4, 0.5) is 13.2 Å². The highest BCUT2D eigenvalue weighted by Crippen LogP contribution is 2.28. The van der Waals surface area contributed by atoms with Gasteiger partial charge in [-0.25, -0.2) is 8.42 Å². The minimum Gasteiger partial charge on any atom is -0.406 e. The number of ether oxygens (including phenoxy) is 1. The first-order chi connectivity index (χ1) is 14.5. The van der Waals surface area contributed by atoms with E-state index in [0.717, 1.165) is 23.9 Å². The lowest BCUT2D eigenvalue weighted by molar-refractivity contribution is -0.274. The molecule has 31 heavy (non-hydrogen) atoms. The Balaban J connectivity index is 1.71. The lowest BCUT2D eigenvalue weighted by atomic mass is 10.2. The zero-order valence-corrected chi connectivity index (χ0v) is 18.2. The van der Waals surface area contributed by atoms with Crippen molar-refractivity contribution in [2.24, 2.45) is 0 Å². The average Bonchev–Trinajstić information content (AvgIpc) is 3.27. The molecule has 0 unspecified atom stereocenters. The molecule has 2 heterocycles. The Kier molecular flexibility index (Phi) is 6.79. The molecule has 2 aromatic rings. The summed E-state index contributed by atoms with van der Waals surface area (Å²) in [6.07, 6.45) is -4.39. The van der Waals surface area contributed by atoms with Crippen LogP contribution in [0.15, 0.2) is 29.4 Å². The maximum atomic E-state index is 12.9. The number of sulfone groups is 1. The topological polar surface area (TPSA) is 107 Å².